The number of aryl methyl sites for hydroxylation is 2. The first kappa shape index (κ1) is 14.5. The summed E-state index contributed by atoms with van der Waals surface area (Å²) in [4.78, 5) is 16.7. The first-order valence-electron chi connectivity index (χ1n) is 6.81. The molecule has 1 amide bonds. The molecule has 6 heteroatoms. The fourth-order valence-corrected chi connectivity index (χ4v) is 2.53. The van der Waals surface area contributed by atoms with Crippen molar-refractivity contribution in [2.75, 3.05) is 0 Å². The number of rotatable bonds is 3. The number of nitrogens with one attached hydrogen (secondary N) is 1. The highest BCUT2D eigenvalue weighted by atomic mass is 35.5. The van der Waals surface area contributed by atoms with Gasteiger partial charge < -0.3 is 9.84 Å². The van der Waals surface area contributed by atoms with Gasteiger partial charge in [0.2, 0.25) is 0 Å². The molecule has 2 aromatic heterocycles. The third-order valence-electron chi connectivity index (χ3n) is 3.33. The normalized spacial score (nSPS) is 10.9. The first-order valence-corrected chi connectivity index (χ1v) is 7.18. The number of nitrogens with zero attached hydrogens (tertiary/aromatic N) is 2. The number of pyridine rings is 1. The number of carbonyl (C=O) groups is 1. The predicted octanol–water partition coefficient (Wildman–Crippen LogP) is 3.42. The van der Waals surface area contributed by atoms with E-state index in [1.54, 1.807) is 19.1 Å². The molecule has 0 aliphatic heterocycles. The van der Waals surface area contributed by atoms with E-state index in [1.165, 1.54) is 0 Å². The lowest BCUT2D eigenvalue weighted by atomic mass is 10.1. The highest BCUT2D eigenvalue weighted by molar-refractivity contribution is 6.30. The van der Waals surface area contributed by atoms with Crippen molar-refractivity contribution in [3.63, 3.8) is 0 Å². The summed E-state index contributed by atoms with van der Waals surface area (Å²) in [6.07, 6.45) is 0. The van der Waals surface area contributed by atoms with Crippen molar-refractivity contribution in [1.82, 2.24) is 15.5 Å². The van der Waals surface area contributed by atoms with Crippen LogP contribution in [0, 0.1) is 13.8 Å². The third-order valence-corrected chi connectivity index (χ3v) is 3.57. The molecule has 0 saturated carbocycles. The molecule has 5 nitrogen and oxygen atoms in total. The summed E-state index contributed by atoms with van der Waals surface area (Å²) in [7, 11) is 0. The summed E-state index contributed by atoms with van der Waals surface area (Å²) >= 11 is 5.94. The minimum atomic E-state index is -0.193. The molecule has 2 heterocycles. The SMILES string of the molecule is Cc1cc(C(=O)NCc2cccc(Cl)c2)c2c(C)noc2n1. The van der Waals surface area contributed by atoms with E-state index >= 15 is 0 Å². The van der Waals surface area contributed by atoms with Crippen LogP contribution in [0.5, 0.6) is 0 Å². The van der Waals surface area contributed by atoms with E-state index < -0.39 is 0 Å². The summed E-state index contributed by atoms with van der Waals surface area (Å²) in [5, 5.41) is 8.05. The Morgan fingerprint density at radius 1 is 1.32 bits per heavy atom. The van der Waals surface area contributed by atoms with E-state index in [4.69, 9.17) is 16.1 Å². The Morgan fingerprint density at radius 2 is 2.14 bits per heavy atom. The molecule has 0 unspecified atom stereocenters. The molecule has 3 aromatic rings. The standard InChI is InChI=1S/C16H14ClN3O2/c1-9-6-13(14-10(2)20-22-16(14)19-9)15(21)18-8-11-4-3-5-12(17)7-11/h3-7H,8H2,1-2H3,(H,18,21). The Kier molecular flexibility index (Phi) is 3.81. The van der Waals surface area contributed by atoms with Crippen LogP contribution >= 0.6 is 11.6 Å². The Hall–Kier alpha value is -2.40. The lowest BCUT2D eigenvalue weighted by molar-refractivity contribution is 0.0952. The molecule has 112 valence electrons. The van der Waals surface area contributed by atoms with E-state index in [-0.39, 0.29) is 5.91 Å². The maximum absolute atomic E-state index is 12.5. The van der Waals surface area contributed by atoms with Gasteiger partial charge in [0, 0.05) is 17.3 Å². The second kappa shape index (κ2) is 5.77. The Balaban J connectivity index is 1.87. The number of benzene rings is 1. The van der Waals surface area contributed by atoms with Gasteiger partial charge in [-0.15, -0.1) is 0 Å². The number of halogens is 1. The highest BCUT2D eigenvalue weighted by Gasteiger charge is 2.17. The van der Waals surface area contributed by atoms with Gasteiger partial charge in [-0.05, 0) is 37.6 Å². The zero-order valence-electron chi connectivity index (χ0n) is 12.2. The Labute approximate surface area is 132 Å². The molecule has 22 heavy (non-hydrogen) atoms. The van der Waals surface area contributed by atoms with Crippen molar-refractivity contribution in [3.05, 3.63) is 57.9 Å². The summed E-state index contributed by atoms with van der Waals surface area (Å²) in [6.45, 7) is 3.99. The smallest absolute Gasteiger partial charge is 0.258 e. The number of amides is 1. The first-order chi connectivity index (χ1) is 10.5. The van der Waals surface area contributed by atoms with Crippen LogP contribution in [0.2, 0.25) is 5.02 Å². The van der Waals surface area contributed by atoms with Crippen molar-refractivity contribution in [2.45, 2.75) is 20.4 Å². The predicted molar refractivity (Wildman–Crippen MR) is 83.9 cm³/mol. The largest absolute Gasteiger partial charge is 0.348 e. The maximum Gasteiger partial charge on any atom is 0.258 e. The second-order valence-electron chi connectivity index (χ2n) is 5.07. The fraction of sp³-hybridized carbons (Fsp3) is 0.188. The van der Waals surface area contributed by atoms with Crippen molar-refractivity contribution in [2.24, 2.45) is 0 Å². The van der Waals surface area contributed by atoms with Crippen molar-refractivity contribution in [1.29, 1.82) is 0 Å². The number of fused-ring (bicyclic) bond motifs is 1. The topological polar surface area (TPSA) is 68.0 Å². The number of carbonyl (C=O) groups excluding carboxylic acids is 1. The van der Waals surface area contributed by atoms with Gasteiger partial charge in [-0.2, -0.15) is 0 Å². The summed E-state index contributed by atoms with van der Waals surface area (Å²) in [6, 6.07) is 9.11. The van der Waals surface area contributed by atoms with Crippen LogP contribution in [0.4, 0.5) is 0 Å². The fourth-order valence-electron chi connectivity index (χ4n) is 2.32. The molecule has 0 aliphatic rings. The third kappa shape index (κ3) is 2.80. The van der Waals surface area contributed by atoms with E-state index in [2.05, 4.69) is 15.5 Å². The van der Waals surface area contributed by atoms with Gasteiger partial charge in [0.05, 0.1) is 16.6 Å². The molecule has 0 radical (unpaired) electrons. The molecule has 0 fully saturated rings. The number of hydrogen-bond donors (Lipinski definition) is 1. The average molecular weight is 316 g/mol. The molecule has 0 spiro atoms. The number of hydrogen-bond acceptors (Lipinski definition) is 4. The quantitative estimate of drug-likeness (QED) is 0.804. The van der Waals surface area contributed by atoms with Crippen LogP contribution in [-0.2, 0) is 6.54 Å². The minimum absolute atomic E-state index is 0.193. The van der Waals surface area contributed by atoms with Crippen molar-refractivity contribution >= 4 is 28.6 Å². The lowest BCUT2D eigenvalue weighted by Gasteiger charge is -2.07. The van der Waals surface area contributed by atoms with Gasteiger partial charge in [-0.25, -0.2) is 4.98 Å². The van der Waals surface area contributed by atoms with E-state index in [0.29, 0.717) is 39.6 Å². The Bertz CT molecular complexity index is 858. The molecule has 3 rings (SSSR count). The summed E-state index contributed by atoms with van der Waals surface area (Å²) < 4.78 is 5.14. The maximum atomic E-state index is 12.5. The van der Waals surface area contributed by atoms with Gasteiger partial charge in [-0.1, -0.05) is 28.9 Å². The zero-order valence-corrected chi connectivity index (χ0v) is 12.9. The van der Waals surface area contributed by atoms with Gasteiger partial charge >= 0.3 is 0 Å². The second-order valence-corrected chi connectivity index (χ2v) is 5.51. The zero-order chi connectivity index (χ0) is 15.7. The summed E-state index contributed by atoms with van der Waals surface area (Å²) in [5.41, 5.74) is 3.19. The van der Waals surface area contributed by atoms with Crippen molar-refractivity contribution < 1.29 is 9.32 Å². The van der Waals surface area contributed by atoms with Crippen LogP contribution < -0.4 is 5.32 Å². The molecule has 0 atom stereocenters. The minimum Gasteiger partial charge on any atom is -0.348 e. The molecular weight excluding hydrogens is 302 g/mol. The van der Waals surface area contributed by atoms with Crippen LogP contribution in [-0.4, -0.2) is 16.0 Å². The Morgan fingerprint density at radius 3 is 2.91 bits per heavy atom. The highest BCUT2D eigenvalue weighted by Crippen LogP contribution is 2.22. The van der Waals surface area contributed by atoms with E-state index in [9.17, 15) is 4.79 Å². The number of aromatic nitrogens is 2. The molecular formula is C16H14ClN3O2. The monoisotopic (exact) mass is 315 g/mol. The van der Waals surface area contributed by atoms with Crippen LogP contribution in [0.15, 0.2) is 34.9 Å². The molecule has 0 aliphatic carbocycles. The molecule has 0 saturated heterocycles. The summed E-state index contributed by atoms with van der Waals surface area (Å²) in [5.74, 6) is -0.193. The van der Waals surface area contributed by atoms with Crippen LogP contribution in [0.3, 0.4) is 0 Å². The molecule has 0 bridgehead atoms. The molecule has 1 N–H and O–H groups in total. The lowest BCUT2D eigenvalue weighted by Crippen LogP contribution is -2.23. The average Bonchev–Trinajstić information content (AvgIpc) is 2.85. The molecule has 1 aromatic carbocycles. The van der Waals surface area contributed by atoms with E-state index in [1.807, 2.05) is 25.1 Å². The van der Waals surface area contributed by atoms with E-state index in [0.717, 1.165) is 5.56 Å². The van der Waals surface area contributed by atoms with Gasteiger partial charge in [0.1, 0.15) is 0 Å². The van der Waals surface area contributed by atoms with Crippen molar-refractivity contribution in [3.8, 4) is 0 Å². The van der Waals surface area contributed by atoms with Gasteiger partial charge in [0.15, 0.2) is 0 Å². The van der Waals surface area contributed by atoms with Gasteiger partial charge in [0.25, 0.3) is 11.6 Å². The van der Waals surface area contributed by atoms with Gasteiger partial charge in [-0.3, -0.25) is 4.79 Å². The van der Waals surface area contributed by atoms with Crippen LogP contribution in [0.1, 0.15) is 27.3 Å². The van der Waals surface area contributed by atoms with Crippen LogP contribution in [0.25, 0.3) is 11.1 Å².